The molecule has 0 aliphatic carbocycles. The molecule has 3 aromatic rings. The molecule has 2 unspecified atom stereocenters. The average molecular weight is 429 g/mol. The molecule has 0 radical (unpaired) electrons. The highest BCUT2D eigenvalue weighted by atomic mass is 16.3. The SMILES string of the molecule is Cn1cnc(-c2ccc(-c3cc4c(nn3)N(C3CC5CCC(C3)N5)CC=CC4)c(O)c2)c1. The number of aromatic hydroxyl groups is 1. The summed E-state index contributed by atoms with van der Waals surface area (Å²) in [5.41, 5.74) is 4.28. The maximum absolute atomic E-state index is 10.8. The molecule has 3 aliphatic rings. The molecule has 0 spiro atoms. The number of nitrogens with one attached hydrogen (secondary N) is 1. The van der Waals surface area contributed by atoms with Crippen LogP contribution in [0.3, 0.4) is 0 Å². The van der Waals surface area contributed by atoms with Crippen LogP contribution in [-0.2, 0) is 13.5 Å². The lowest BCUT2D eigenvalue weighted by molar-refractivity contribution is 0.349. The molecule has 5 heterocycles. The summed E-state index contributed by atoms with van der Waals surface area (Å²) in [5.74, 6) is 1.19. The normalized spacial score (nSPS) is 24.4. The van der Waals surface area contributed by atoms with Crippen LogP contribution in [0.4, 0.5) is 5.82 Å². The van der Waals surface area contributed by atoms with E-state index in [1.165, 1.54) is 31.2 Å². The van der Waals surface area contributed by atoms with Crippen LogP contribution in [0, 0.1) is 0 Å². The van der Waals surface area contributed by atoms with Crippen LogP contribution in [0.5, 0.6) is 5.75 Å². The van der Waals surface area contributed by atoms with Gasteiger partial charge in [0.1, 0.15) is 5.75 Å². The van der Waals surface area contributed by atoms with Crippen molar-refractivity contribution in [1.82, 2.24) is 25.1 Å². The van der Waals surface area contributed by atoms with Gasteiger partial charge in [-0.3, -0.25) is 0 Å². The van der Waals surface area contributed by atoms with E-state index in [4.69, 9.17) is 5.10 Å². The highest BCUT2D eigenvalue weighted by Crippen LogP contribution is 2.36. The maximum Gasteiger partial charge on any atom is 0.155 e. The van der Waals surface area contributed by atoms with Crippen molar-refractivity contribution in [2.45, 2.75) is 50.2 Å². The summed E-state index contributed by atoms with van der Waals surface area (Å²) in [6.45, 7) is 0.884. The van der Waals surface area contributed by atoms with E-state index in [2.05, 4.69) is 38.5 Å². The quantitative estimate of drug-likeness (QED) is 0.622. The highest BCUT2D eigenvalue weighted by Gasteiger charge is 2.37. The lowest BCUT2D eigenvalue weighted by Crippen LogP contribution is -2.48. The van der Waals surface area contributed by atoms with Crippen LogP contribution in [0.15, 0.2) is 48.9 Å². The molecule has 6 rings (SSSR count). The topological polar surface area (TPSA) is 79.1 Å². The van der Waals surface area contributed by atoms with Crippen molar-refractivity contribution < 1.29 is 5.11 Å². The van der Waals surface area contributed by atoms with Gasteiger partial charge in [-0.15, -0.1) is 10.2 Å². The van der Waals surface area contributed by atoms with E-state index >= 15 is 0 Å². The van der Waals surface area contributed by atoms with Gasteiger partial charge in [0.05, 0.1) is 17.7 Å². The van der Waals surface area contributed by atoms with Crippen molar-refractivity contribution in [2.75, 3.05) is 11.4 Å². The van der Waals surface area contributed by atoms with Gasteiger partial charge in [0, 0.05) is 54.6 Å². The molecule has 1 aromatic carbocycles. The Morgan fingerprint density at radius 2 is 1.88 bits per heavy atom. The van der Waals surface area contributed by atoms with Crippen molar-refractivity contribution in [3.05, 3.63) is 54.5 Å². The number of benzene rings is 1. The minimum atomic E-state index is 0.193. The number of phenolic OH excluding ortho intramolecular Hbond substituents is 1. The van der Waals surface area contributed by atoms with Crippen molar-refractivity contribution in [3.8, 4) is 28.3 Å². The lowest BCUT2D eigenvalue weighted by Gasteiger charge is -2.38. The zero-order valence-corrected chi connectivity index (χ0v) is 18.3. The molecule has 2 saturated heterocycles. The number of piperidine rings is 1. The van der Waals surface area contributed by atoms with E-state index in [1.54, 1.807) is 12.4 Å². The fourth-order valence-electron chi connectivity index (χ4n) is 5.51. The molecule has 7 heteroatoms. The molecule has 32 heavy (non-hydrogen) atoms. The summed E-state index contributed by atoms with van der Waals surface area (Å²) < 4.78 is 1.89. The first-order valence-corrected chi connectivity index (χ1v) is 11.5. The third-order valence-electron chi connectivity index (χ3n) is 7.09. The summed E-state index contributed by atoms with van der Waals surface area (Å²) in [7, 11) is 1.93. The van der Waals surface area contributed by atoms with Gasteiger partial charge in [0.2, 0.25) is 0 Å². The second-order valence-corrected chi connectivity index (χ2v) is 9.33. The molecule has 164 valence electrons. The number of hydrogen-bond acceptors (Lipinski definition) is 6. The average Bonchev–Trinajstić information content (AvgIpc) is 3.30. The zero-order chi connectivity index (χ0) is 21.7. The third kappa shape index (κ3) is 3.46. The Morgan fingerprint density at radius 1 is 1.03 bits per heavy atom. The second kappa shape index (κ2) is 7.74. The van der Waals surface area contributed by atoms with E-state index in [1.807, 2.05) is 29.9 Å². The molecular formula is C25H28N6O. The first-order valence-electron chi connectivity index (χ1n) is 11.5. The molecule has 0 saturated carbocycles. The van der Waals surface area contributed by atoms with Gasteiger partial charge in [-0.05, 0) is 50.3 Å². The number of anilines is 1. The number of fused-ring (bicyclic) bond motifs is 3. The Labute approximate surface area is 187 Å². The minimum Gasteiger partial charge on any atom is -0.507 e. The molecule has 3 aliphatic heterocycles. The highest BCUT2D eigenvalue weighted by molar-refractivity contribution is 5.73. The van der Waals surface area contributed by atoms with E-state index in [0.717, 1.165) is 30.0 Å². The first kappa shape index (κ1) is 19.5. The Bertz CT molecular complexity index is 1170. The van der Waals surface area contributed by atoms with Crippen molar-refractivity contribution in [1.29, 1.82) is 0 Å². The predicted octanol–water partition coefficient (Wildman–Crippen LogP) is 3.45. The fraction of sp³-hybridized carbons (Fsp3) is 0.400. The van der Waals surface area contributed by atoms with Crippen LogP contribution in [-0.4, -0.2) is 49.5 Å². The number of rotatable bonds is 3. The van der Waals surface area contributed by atoms with Gasteiger partial charge in [-0.1, -0.05) is 18.2 Å². The number of allylic oxidation sites excluding steroid dienone is 1. The number of aromatic nitrogens is 4. The molecule has 0 amide bonds. The Balaban J connectivity index is 1.32. The maximum atomic E-state index is 10.8. The summed E-state index contributed by atoms with van der Waals surface area (Å²) in [6, 6.07) is 9.50. The minimum absolute atomic E-state index is 0.193. The van der Waals surface area contributed by atoms with Crippen LogP contribution >= 0.6 is 0 Å². The number of phenols is 1. The number of imidazole rings is 1. The van der Waals surface area contributed by atoms with Crippen LogP contribution < -0.4 is 10.2 Å². The van der Waals surface area contributed by atoms with Gasteiger partial charge in [-0.25, -0.2) is 4.98 Å². The summed E-state index contributed by atoms with van der Waals surface area (Å²) in [6.07, 6.45) is 13.9. The number of nitrogens with zero attached hydrogens (tertiary/aromatic N) is 5. The fourth-order valence-corrected chi connectivity index (χ4v) is 5.51. The summed E-state index contributed by atoms with van der Waals surface area (Å²) in [5, 5.41) is 23.8. The van der Waals surface area contributed by atoms with Crippen molar-refractivity contribution >= 4 is 5.82 Å². The van der Waals surface area contributed by atoms with Gasteiger partial charge in [-0.2, -0.15) is 0 Å². The van der Waals surface area contributed by atoms with E-state index < -0.39 is 0 Å². The largest absolute Gasteiger partial charge is 0.507 e. The smallest absolute Gasteiger partial charge is 0.155 e. The van der Waals surface area contributed by atoms with Crippen LogP contribution in [0.2, 0.25) is 0 Å². The van der Waals surface area contributed by atoms with Crippen LogP contribution in [0.25, 0.3) is 22.5 Å². The Kier molecular flexibility index (Phi) is 4.72. The molecule has 7 nitrogen and oxygen atoms in total. The molecule has 2 atom stereocenters. The zero-order valence-electron chi connectivity index (χ0n) is 18.3. The van der Waals surface area contributed by atoms with E-state index in [-0.39, 0.29) is 5.75 Å². The first-order chi connectivity index (χ1) is 15.6. The lowest BCUT2D eigenvalue weighted by atomic mass is 9.97. The molecule has 2 N–H and O–H groups in total. The van der Waals surface area contributed by atoms with Gasteiger partial charge >= 0.3 is 0 Å². The predicted molar refractivity (Wildman–Crippen MR) is 124 cm³/mol. The Morgan fingerprint density at radius 3 is 2.62 bits per heavy atom. The van der Waals surface area contributed by atoms with Crippen molar-refractivity contribution in [3.63, 3.8) is 0 Å². The summed E-state index contributed by atoms with van der Waals surface area (Å²) >= 11 is 0. The third-order valence-corrected chi connectivity index (χ3v) is 7.09. The number of aryl methyl sites for hydroxylation is 1. The van der Waals surface area contributed by atoms with Gasteiger partial charge in [0.25, 0.3) is 0 Å². The number of hydrogen-bond donors (Lipinski definition) is 2. The van der Waals surface area contributed by atoms with Gasteiger partial charge in [0.15, 0.2) is 5.82 Å². The van der Waals surface area contributed by atoms with Gasteiger partial charge < -0.3 is 19.9 Å². The molecular weight excluding hydrogens is 400 g/mol. The Hall–Kier alpha value is -3.19. The van der Waals surface area contributed by atoms with Crippen LogP contribution in [0.1, 0.15) is 31.2 Å². The van der Waals surface area contributed by atoms with E-state index in [0.29, 0.717) is 29.4 Å². The second-order valence-electron chi connectivity index (χ2n) is 9.33. The molecule has 2 bridgehead atoms. The summed E-state index contributed by atoms with van der Waals surface area (Å²) in [4.78, 5) is 6.82. The standard InChI is InChI=1S/C25H28N6O/c1-30-14-23(26-15-30)16-5-8-21(24(32)11-16)22-10-17-4-2-3-9-31(25(17)29-28-22)20-12-18-6-7-19(13-20)27-18/h2-3,5,8,10-11,14-15,18-20,27,32H,4,6-7,9,12-13H2,1H3. The monoisotopic (exact) mass is 428 g/mol. The van der Waals surface area contributed by atoms with E-state index in [9.17, 15) is 5.11 Å². The van der Waals surface area contributed by atoms with Crippen molar-refractivity contribution in [2.24, 2.45) is 7.05 Å². The molecule has 2 aromatic heterocycles. The molecule has 2 fully saturated rings.